The van der Waals surface area contributed by atoms with Crippen LogP contribution >= 0.6 is 0 Å². The molecule has 0 aliphatic rings. The third-order valence-electron chi connectivity index (χ3n) is 2.92. The minimum atomic E-state index is 0.313. The van der Waals surface area contributed by atoms with E-state index in [1.165, 1.54) is 5.56 Å². The van der Waals surface area contributed by atoms with Crippen LogP contribution in [0.15, 0.2) is 24.3 Å². The number of para-hydroxylation sites is 1. The maximum absolute atomic E-state index is 5.82. The summed E-state index contributed by atoms with van der Waals surface area (Å²) in [6.45, 7) is 9.54. The SMILES string of the molecule is CCCNC(C)c1ccccc1OCCOCCC. The molecule has 3 nitrogen and oxygen atoms in total. The minimum Gasteiger partial charge on any atom is -0.491 e. The number of rotatable bonds is 10. The Morgan fingerprint density at radius 2 is 1.84 bits per heavy atom. The van der Waals surface area contributed by atoms with Gasteiger partial charge in [0.05, 0.1) is 6.61 Å². The largest absolute Gasteiger partial charge is 0.491 e. The molecule has 0 aliphatic heterocycles. The average molecular weight is 265 g/mol. The van der Waals surface area contributed by atoms with Crippen LogP contribution in [0.25, 0.3) is 0 Å². The summed E-state index contributed by atoms with van der Waals surface area (Å²) < 4.78 is 11.2. The van der Waals surface area contributed by atoms with Crippen molar-refractivity contribution in [1.82, 2.24) is 5.32 Å². The number of benzene rings is 1. The van der Waals surface area contributed by atoms with E-state index < -0.39 is 0 Å². The van der Waals surface area contributed by atoms with E-state index in [2.05, 4.69) is 38.2 Å². The van der Waals surface area contributed by atoms with Gasteiger partial charge in [0, 0.05) is 18.2 Å². The van der Waals surface area contributed by atoms with Crippen molar-refractivity contribution in [1.29, 1.82) is 0 Å². The highest BCUT2D eigenvalue weighted by molar-refractivity contribution is 5.35. The van der Waals surface area contributed by atoms with E-state index in [1.54, 1.807) is 0 Å². The predicted octanol–water partition coefficient (Wildman–Crippen LogP) is 3.55. The van der Waals surface area contributed by atoms with Crippen molar-refractivity contribution in [2.45, 2.75) is 39.7 Å². The first kappa shape index (κ1) is 16.0. The molecule has 1 atom stereocenters. The van der Waals surface area contributed by atoms with Gasteiger partial charge >= 0.3 is 0 Å². The molecule has 1 N–H and O–H groups in total. The monoisotopic (exact) mass is 265 g/mol. The highest BCUT2D eigenvalue weighted by Gasteiger charge is 2.10. The number of hydrogen-bond acceptors (Lipinski definition) is 3. The van der Waals surface area contributed by atoms with Crippen molar-refractivity contribution in [3.8, 4) is 5.75 Å². The molecule has 0 fully saturated rings. The van der Waals surface area contributed by atoms with E-state index in [0.29, 0.717) is 19.3 Å². The quantitative estimate of drug-likeness (QED) is 0.656. The second-order valence-corrected chi connectivity index (χ2v) is 4.67. The molecule has 1 aromatic carbocycles. The van der Waals surface area contributed by atoms with Gasteiger partial charge in [0.25, 0.3) is 0 Å². The van der Waals surface area contributed by atoms with Crippen LogP contribution in [0.5, 0.6) is 5.75 Å². The summed E-state index contributed by atoms with van der Waals surface area (Å²) in [5.74, 6) is 0.957. The molecule has 108 valence electrons. The van der Waals surface area contributed by atoms with Gasteiger partial charge in [-0.3, -0.25) is 0 Å². The van der Waals surface area contributed by atoms with E-state index in [9.17, 15) is 0 Å². The number of nitrogens with one attached hydrogen (secondary N) is 1. The van der Waals surface area contributed by atoms with Gasteiger partial charge in [-0.2, -0.15) is 0 Å². The minimum absolute atomic E-state index is 0.313. The summed E-state index contributed by atoms with van der Waals surface area (Å²) in [5, 5.41) is 3.49. The molecule has 0 radical (unpaired) electrons. The Balaban J connectivity index is 2.47. The fourth-order valence-corrected chi connectivity index (χ4v) is 1.90. The van der Waals surface area contributed by atoms with Crippen LogP contribution in [0.4, 0.5) is 0 Å². The summed E-state index contributed by atoms with van der Waals surface area (Å²) in [5.41, 5.74) is 1.21. The van der Waals surface area contributed by atoms with Crippen LogP contribution in [-0.2, 0) is 4.74 Å². The first-order valence-electron chi connectivity index (χ1n) is 7.32. The van der Waals surface area contributed by atoms with Crippen molar-refractivity contribution < 1.29 is 9.47 Å². The van der Waals surface area contributed by atoms with Crippen LogP contribution in [0.2, 0.25) is 0 Å². The maximum atomic E-state index is 5.82. The Morgan fingerprint density at radius 1 is 1.05 bits per heavy atom. The lowest BCUT2D eigenvalue weighted by atomic mass is 10.1. The second-order valence-electron chi connectivity index (χ2n) is 4.67. The van der Waals surface area contributed by atoms with E-state index in [1.807, 2.05) is 12.1 Å². The zero-order valence-electron chi connectivity index (χ0n) is 12.4. The van der Waals surface area contributed by atoms with Crippen LogP contribution in [-0.4, -0.2) is 26.4 Å². The molecule has 0 saturated carbocycles. The van der Waals surface area contributed by atoms with Gasteiger partial charge in [0.15, 0.2) is 0 Å². The third kappa shape index (κ3) is 6.08. The molecule has 0 aliphatic carbocycles. The van der Waals surface area contributed by atoms with Crippen molar-refractivity contribution in [2.75, 3.05) is 26.4 Å². The fourth-order valence-electron chi connectivity index (χ4n) is 1.90. The molecule has 0 heterocycles. The Morgan fingerprint density at radius 3 is 2.58 bits per heavy atom. The summed E-state index contributed by atoms with van der Waals surface area (Å²) in [6, 6.07) is 8.53. The van der Waals surface area contributed by atoms with Crippen molar-refractivity contribution in [2.24, 2.45) is 0 Å². The zero-order chi connectivity index (χ0) is 13.9. The van der Waals surface area contributed by atoms with Crippen molar-refractivity contribution >= 4 is 0 Å². The van der Waals surface area contributed by atoms with Crippen molar-refractivity contribution in [3.63, 3.8) is 0 Å². The summed E-state index contributed by atoms with van der Waals surface area (Å²) in [4.78, 5) is 0. The molecular formula is C16H27NO2. The molecule has 1 unspecified atom stereocenters. The summed E-state index contributed by atoms with van der Waals surface area (Å²) in [6.07, 6.45) is 2.19. The Labute approximate surface area is 117 Å². The van der Waals surface area contributed by atoms with Crippen molar-refractivity contribution in [3.05, 3.63) is 29.8 Å². The zero-order valence-corrected chi connectivity index (χ0v) is 12.4. The first-order chi connectivity index (χ1) is 9.29. The van der Waals surface area contributed by atoms with Crippen LogP contribution in [0.1, 0.15) is 45.2 Å². The van der Waals surface area contributed by atoms with E-state index in [4.69, 9.17) is 9.47 Å². The number of ether oxygens (including phenoxy) is 2. The van der Waals surface area contributed by atoms with Gasteiger partial charge < -0.3 is 14.8 Å². The van der Waals surface area contributed by atoms with Gasteiger partial charge in [-0.15, -0.1) is 0 Å². The molecule has 19 heavy (non-hydrogen) atoms. The Bertz CT molecular complexity index is 341. The fraction of sp³-hybridized carbons (Fsp3) is 0.625. The van der Waals surface area contributed by atoms with E-state index in [-0.39, 0.29) is 0 Å². The smallest absolute Gasteiger partial charge is 0.124 e. The molecule has 0 amide bonds. The van der Waals surface area contributed by atoms with Gasteiger partial charge in [0.1, 0.15) is 12.4 Å². The van der Waals surface area contributed by atoms with Crippen LogP contribution in [0, 0.1) is 0 Å². The van der Waals surface area contributed by atoms with Gasteiger partial charge in [0.2, 0.25) is 0 Å². The highest BCUT2D eigenvalue weighted by Crippen LogP contribution is 2.24. The third-order valence-corrected chi connectivity index (χ3v) is 2.92. The summed E-state index contributed by atoms with van der Waals surface area (Å²) in [7, 11) is 0. The van der Waals surface area contributed by atoms with E-state index >= 15 is 0 Å². The standard InChI is InChI=1S/C16H27NO2/c1-4-10-17-14(3)15-8-6-7-9-16(15)19-13-12-18-11-5-2/h6-9,14,17H,4-5,10-13H2,1-3H3. The van der Waals surface area contributed by atoms with Crippen LogP contribution in [0.3, 0.4) is 0 Å². The lowest BCUT2D eigenvalue weighted by Crippen LogP contribution is -2.20. The Hall–Kier alpha value is -1.06. The summed E-state index contributed by atoms with van der Waals surface area (Å²) >= 11 is 0. The van der Waals surface area contributed by atoms with E-state index in [0.717, 1.165) is 31.7 Å². The normalized spacial score (nSPS) is 12.4. The predicted molar refractivity (Wildman–Crippen MR) is 79.8 cm³/mol. The average Bonchev–Trinajstić information content (AvgIpc) is 2.45. The highest BCUT2D eigenvalue weighted by atomic mass is 16.5. The molecule has 0 bridgehead atoms. The molecular weight excluding hydrogens is 238 g/mol. The molecule has 0 saturated heterocycles. The topological polar surface area (TPSA) is 30.5 Å². The second kappa shape index (κ2) is 9.82. The molecule has 3 heteroatoms. The lowest BCUT2D eigenvalue weighted by molar-refractivity contribution is 0.100. The maximum Gasteiger partial charge on any atom is 0.124 e. The lowest BCUT2D eigenvalue weighted by Gasteiger charge is -2.18. The molecule has 1 rings (SSSR count). The molecule has 0 aromatic heterocycles. The van der Waals surface area contributed by atoms with Gasteiger partial charge in [-0.25, -0.2) is 0 Å². The first-order valence-corrected chi connectivity index (χ1v) is 7.32. The van der Waals surface area contributed by atoms with Gasteiger partial charge in [-0.1, -0.05) is 32.0 Å². The molecule has 1 aromatic rings. The van der Waals surface area contributed by atoms with Gasteiger partial charge in [-0.05, 0) is 32.4 Å². The van der Waals surface area contributed by atoms with Crippen LogP contribution < -0.4 is 10.1 Å². The Kier molecular flexibility index (Phi) is 8.26. The number of hydrogen-bond donors (Lipinski definition) is 1. The molecule has 0 spiro atoms.